The number of aromatic nitrogens is 2. The molecule has 3 aromatic carbocycles. The third-order valence-electron chi connectivity index (χ3n) is 5.89. The van der Waals surface area contributed by atoms with Gasteiger partial charge in [0.2, 0.25) is 5.76 Å². The quantitative estimate of drug-likeness (QED) is 0.247. The molecule has 2 aromatic heterocycles. The van der Waals surface area contributed by atoms with Gasteiger partial charge >= 0.3 is 0 Å². The molecule has 0 saturated carbocycles. The van der Waals surface area contributed by atoms with Gasteiger partial charge in [-0.15, -0.1) is 0 Å². The van der Waals surface area contributed by atoms with Gasteiger partial charge in [0.15, 0.2) is 0 Å². The largest absolute Gasteiger partial charge is 0.507 e. The van der Waals surface area contributed by atoms with Crippen molar-refractivity contribution in [3.05, 3.63) is 94.9 Å². The maximum absolute atomic E-state index is 13.2. The van der Waals surface area contributed by atoms with E-state index in [1.807, 2.05) is 32.0 Å². The number of benzene rings is 3. The third-order valence-corrected chi connectivity index (χ3v) is 5.89. The van der Waals surface area contributed by atoms with Crippen molar-refractivity contribution in [1.29, 1.82) is 0 Å². The number of phenolic OH excluding ortho intramolecular Hbond substituents is 1. The molecule has 180 valence electrons. The monoisotopic (exact) mass is 480 g/mol. The van der Waals surface area contributed by atoms with Crippen LogP contribution in [-0.2, 0) is 0 Å². The highest BCUT2D eigenvalue weighted by atomic mass is 16.3. The number of aryl methyl sites for hydroxylation is 3. The Morgan fingerprint density at radius 2 is 1.64 bits per heavy atom. The van der Waals surface area contributed by atoms with E-state index >= 15 is 0 Å². The number of H-pyrrole nitrogens is 1. The predicted octanol–water partition coefficient (Wildman–Crippen LogP) is 5.96. The maximum atomic E-state index is 13.2. The van der Waals surface area contributed by atoms with Gasteiger partial charge in [-0.2, -0.15) is 5.10 Å². The molecule has 0 aliphatic heterocycles. The lowest BCUT2D eigenvalue weighted by Crippen LogP contribution is -2.17. The van der Waals surface area contributed by atoms with Crippen LogP contribution < -0.4 is 10.6 Å². The van der Waals surface area contributed by atoms with Crippen molar-refractivity contribution in [2.24, 2.45) is 0 Å². The second-order valence-electron chi connectivity index (χ2n) is 8.72. The van der Waals surface area contributed by atoms with Crippen LogP contribution in [0.1, 0.15) is 37.7 Å². The van der Waals surface area contributed by atoms with E-state index in [-0.39, 0.29) is 22.9 Å². The molecule has 2 heterocycles. The first-order valence-electron chi connectivity index (χ1n) is 11.4. The summed E-state index contributed by atoms with van der Waals surface area (Å²) in [5.74, 6) is -0.906. The van der Waals surface area contributed by atoms with Crippen molar-refractivity contribution in [1.82, 2.24) is 10.2 Å². The lowest BCUT2D eigenvalue weighted by molar-refractivity contribution is 0.0999. The van der Waals surface area contributed by atoms with Gasteiger partial charge in [0, 0.05) is 16.6 Å². The molecule has 0 aliphatic carbocycles. The smallest absolute Gasteiger partial charge is 0.293 e. The van der Waals surface area contributed by atoms with Gasteiger partial charge < -0.3 is 20.2 Å². The number of hydrogen-bond donors (Lipinski definition) is 4. The summed E-state index contributed by atoms with van der Waals surface area (Å²) < 4.78 is 5.82. The SMILES string of the molecule is Cc1ccc(NC(=O)c2oc3ccccc3c2NC(=O)c2cc(-c3cc(C)cc(C)c3O)n[nH]2)cc1. The minimum Gasteiger partial charge on any atom is -0.507 e. The van der Waals surface area contributed by atoms with E-state index in [0.717, 1.165) is 11.1 Å². The molecule has 0 bridgehead atoms. The Bertz CT molecular complexity index is 1610. The summed E-state index contributed by atoms with van der Waals surface area (Å²) in [5, 5.41) is 23.6. The summed E-state index contributed by atoms with van der Waals surface area (Å²) in [5.41, 5.74) is 5.19. The van der Waals surface area contributed by atoms with Gasteiger partial charge in [0.1, 0.15) is 22.7 Å². The molecule has 0 aliphatic rings. The van der Waals surface area contributed by atoms with E-state index in [9.17, 15) is 14.7 Å². The molecular formula is C28H24N4O4. The van der Waals surface area contributed by atoms with Crippen LogP contribution in [-0.4, -0.2) is 27.1 Å². The van der Waals surface area contributed by atoms with Crippen molar-refractivity contribution in [2.75, 3.05) is 10.6 Å². The zero-order chi connectivity index (χ0) is 25.4. The summed E-state index contributed by atoms with van der Waals surface area (Å²) in [7, 11) is 0. The van der Waals surface area contributed by atoms with Crippen LogP contribution in [0.25, 0.3) is 22.2 Å². The average molecular weight is 481 g/mol. The summed E-state index contributed by atoms with van der Waals surface area (Å²) >= 11 is 0. The number of fused-ring (bicyclic) bond motifs is 1. The fourth-order valence-corrected chi connectivity index (χ4v) is 4.07. The fourth-order valence-electron chi connectivity index (χ4n) is 4.07. The van der Waals surface area contributed by atoms with E-state index in [1.54, 1.807) is 55.5 Å². The van der Waals surface area contributed by atoms with Crippen molar-refractivity contribution in [3.63, 3.8) is 0 Å². The second-order valence-corrected chi connectivity index (χ2v) is 8.72. The van der Waals surface area contributed by atoms with Crippen molar-refractivity contribution in [2.45, 2.75) is 20.8 Å². The first-order valence-corrected chi connectivity index (χ1v) is 11.4. The van der Waals surface area contributed by atoms with E-state index in [4.69, 9.17) is 4.42 Å². The minimum atomic E-state index is -0.506. The first-order chi connectivity index (χ1) is 17.3. The number of furan rings is 1. The van der Waals surface area contributed by atoms with E-state index in [0.29, 0.717) is 33.5 Å². The number of aromatic amines is 1. The number of amides is 2. The van der Waals surface area contributed by atoms with Gasteiger partial charge in [0.05, 0.1) is 5.69 Å². The summed E-state index contributed by atoms with van der Waals surface area (Å²) in [6.45, 7) is 5.68. The third kappa shape index (κ3) is 4.32. The summed E-state index contributed by atoms with van der Waals surface area (Å²) in [6.07, 6.45) is 0. The summed E-state index contributed by atoms with van der Waals surface area (Å²) in [4.78, 5) is 26.3. The van der Waals surface area contributed by atoms with Crippen molar-refractivity contribution >= 4 is 34.2 Å². The Kier molecular flexibility index (Phi) is 5.77. The highest BCUT2D eigenvalue weighted by Gasteiger charge is 2.24. The number of carbonyl (C=O) groups excluding carboxylic acids is 2. The van der Waals surface area contributed by atoms with Gasteiger partial charge in [-0.25, -0.2) is 0 Å². The molecule has 0 fully saturated rings. The number of para-hydroxylation sites is 1. The van der Waals surface area contributed by atoms with Gasteiger partial charge in [-0.05, 0) is 68.3 Å². The van der Waals surface area contributed by atoms with Crippen LogP contribution in [0.5, 0.6) is 5.75 Å². The molecule has 0 atom stereocenters. The van der Waals surface area contributed by atoms with Gasteiger partial charge in [-0.1, -0.05) is 35.9 Å². The molecule has 5 aromatic rings. The van der Waals surface area contributed by atoms with Gasteiger partial charge in [-0.3, -0.25) is 14.7 Å². The molecule has 5 rings (SSSR count). The Morgan fingerprint density at radius 1 is 0.889 bits per heavy atom. The van der Waals surface area contributed by atoms with E-state index in [1.165, 1.54) is 0 Å². The molecule has 8 heteroatoms. The number of nitrogens with zero attached hydrogens (tertiary/aromatic N) is 1. The highest BCUT2D eigenvalue weighted by Crippen LogP contribution is 2.34. The Hall–Kier alpha value is -4.85. The molecule has 36 heavy (non-hydrogen) atoms. The number of hydrogen-bond acceptors (Lipinski definition) is 5. The number of carbonyl (C=O) groups is 2. The lowest BCUT2D eigenvalue weighted by atomic mass is 10.0. The fraction of sp³-hybridized carbons (Fsp3) is 0.107. The summed E-state index contributed by atoms with van der Waals surface area (Å²) in [6, 6.07) is 19.7. The van der Waals surface area contributed by atoms with Gasteiger partial charge in [0.25, 0.3) is 11.8 Å². The molecule has 0 radical (unpaired) electrons. The molecule has 0 unspecified atom stereocenters. The molecular weight excluding hydrogens is 456 g/mol. The zero-order valence-corrected chi connectivity index (χ0v) is 20.0. The topological polar surface area (TPSA) is 120 Å². The number of nitrogens with one attached hydrogen (secondary N) is 3. The normalized spacial score (nSPS) is 11.0. The van der Waals surface area contributed by atoms with Crippen molar-refractivity contribution in [3.8, 4) is 17.0 Å². The zero-order valence-electron chi connectivity index (χ0n) is 20.0. The maximum Gasteiger partial charge on any atom is 0.293 e. The van der Waals surface area contributed by atoms with Crippen molar-refractivity contribution < 1.29 is 19.1 Å². The number of anilines is 2. The Morgan fingerprint density at radius 3 is 2.42 bits per heavy atom. The number of phenols is 1. The van der Waals surface area contributed by atoms with Crippen LogP contribution in [0, 0.1) is 20.8 Å². The van der Waals surface area contributed by atoms with Crippen LogP contribution in [0.3, 0.4) is 0 Å². The first kappa shape index (κ1) is 22.9. The van der Waals surface area contributed by atoms with Crippen LogP contribution in [0.2, 0.25) is 0 Å². The lowest BCUT2D eigenvalue weighted by Gasteiger charge is -2.07. The Balaban J connectivity index is 1.46. The molecule has 4 N–H and O–H groups in total. The predicted molar refractivity (Wildman–Crippen MR) is 138 cm³/mol. The van der Waals surface area contributed by atoms with Crippen LogP contribution >= 0.6 is 0 Å². The molecule has 0 spiro atoms. The number of aromatic hydroxyl groups is 1. The van der Waals surface area contributed by atoms with Crippen LogP contribution in [0.15, 0.2) is 71.1 Å². The molecule has 8 nitrogen and oxygen atoms in total. The standard InChI is InChI=1S/C28H24N4O4/c1-15-8-10-18(11-9-15)29-28(35)26-24(19-6-4-5-7-23(19)36-26)30-27(34)22-14-21(31-32-22)20-13-16(2)12-17(3)25(20)33/h4-14,33H,1-3H3,(H,29,35)(H,30,34)(H,31,32). The second kappa shape index (κ2) is 9.07. The molecule has 2 amide bonds. The minimum absolute atomic E-state index is 0.0168. The Labute approximate surface area is 207 Å². The van der Waals surface area contributed by atoms with E-state index < -0.39 is 11.8 Å². The highest BCUT2D eigenvalue weighted by molar-refractivity contribution is 6.16. The average Bonchev–Trinajstić information content (AvgIpc) is 3.49. The molecule has 0 saturated heterocycles. The van der Waals surface area contributed by atoms with E-state index in [2.05, 4.69) is 20.8 Å². The van der Waals surface area contributed by atoms with Crippen LogP contribution in [0.4, 0.5) is 11.4 Å². The number of rotatable bonds is 5.